The van der Waals surface area contributed by atoms with E-state index < -0.39 is 0 Å². The first-order valence-electron chi connectivity index (χ1n) is 9.71. The second-order valence-corrected chi connectivity index (χ2v) is 7.08. The van der Waals surface area contributed by atoms with Crippen LogP contribution in [-0.4, -0.2) is 5.91 Å². The third-order valence-corrected chi connectivity index (χ3v) is 4.99. The molecule has 0 radical (unpaired) electrons. The first-order chi connectivity index (χ1) is 13.6. The fraction of sp³-hybridized carbons (Fsp3) is 0.240. The second kappa shape index (κ2) is 9.23. The molecule has 0 bridgehead atoms. The minimum Gasteiger partial charge on any atom is -0.489 e. The molecule has 0 saturated carbocycles. The smallest absolute Gasteiger partial charge is 0.251 e. The highest BCUT2D eigenvalue weighted by Crippen LogP contribution is 2.21. The molecule has 0 aliphatic rings. The number of nitrogens with one attached hydrogen (secondary N) is 1. The van der Waals surface area contributed by atoms with Crippen molar-refractivity contribution in [1.29, 1.82) is 0 Å². The number of carbonyl (C=O) groups excluding carboxylic acids is 1. The number of aryl methyl sites for hydroxylation is 2. The number of hydrogen-bond acceptors (Lipinski definition) is 2. The minimum atomic E-state index is -0.0877. The van der Waals surface area contributed by atoms with Crippen LogP contribution in [0, 0.1) is 13.8 Å². The van der Waals surface area contributed by atoms with Gasteiger partial charge in [-0.1, -0.05) is 61.5 Å². The van der Waals surface area contributed by atoms with Crippen molar-refractivity contribution in [2.24, 2.45) is 0 Å². The Bertz CT molecular complexity index is 934. The molecule has 3 aromatic rings. The summed E-state index contributed by atoms with van der Waals surface area (Å²) in [6.07, 6.45) is 0.832. The van der Waals surface area contributed by atoms with Crippen molar-refractivity contribution < 1.29 is 9.53 Å². The fourth-order valence-electron chi connectivity index (χ4n) is 3.11. The number of rotatable bonds is 7. The quantitative estimate of drug-likeness (QED) is 0.571. The summed E-state index contributed by atoms with van der Waals surface area (Å²) in [6.45, 7) is 6.76. The van der Waals surface area contributed by atoms with Gasteiger partial charge in [-0.25, -0.2) is 0 Å². The van der Waals surface area contributed by atoms with Crippen LogP contribution in [-0.2, 0) is 6.61 Å². The summed E-state index contributed by atoms with van der Waals surface area (Å²) >= 11 is 0. The number of hydrogen-bond donors (Lipinski definition) is 1. The van der Waals surface area contributed by atoms with Gasteiger partial charge in [-0.3, -0.25) is 4.79 Å². The molecule has 1 N–H and O–H groups in total. The molecule has 1 atom stereocenters. The molecule has 144 valence electrons. The Balaban J connectivity index is 1.68. The number of benzene rings is 3. The topological polar surface area (TPSA) is 38.3 Å². The predicted molar refractivity (Wildman–Crippen MR) is 114 cm³/mol. The van der Waals surface area contributed by atoms with Gasteiger partial charge in [-0.05, 0) is 60.7 Å². The zero-order valence-electron chi connectivity index (χ0n) is 16.7. The lowest BCUT2D eigenvalue weighted by atomic mass is 9.99. The molecule has 3 nitrogen and oxygen atoms in total. The van der Waals surface area contributed by atoms with E-state index in [4.69, 9.17) is 4.74 Å². The van der Waals surface area contributed by atoms with Crippen LogP contribution in [0.5, 0.6) is 5.75 Å². The van der Waals surface area contributed by atoms with E-state index >= 15 is 0 Å². The van der Waals surface area contributed by atoms with E-state index in [0.29, 0.717) is 17.9 Å². The van der Waals surface area contributed by atoms with Gasteiger partial charge in [0.25, 0.3) is 5.91 Å². The maximum absolute atomic E-state index is 12.8. The molecule has 3 rings (SSSR count). The van der Waals surface area contributed by atoms with E-state index in [1.807, 2.05) is 48.5 Å². The molecule has 0 heterocycles. The lowest BCUT2D eigenvalue weighted by molar-refractivity contribution is 0.0935. The average molecular weight is 373 g/mol. The second-order valence-electron chi connectivity index (χ2n) is 7.08. The van der Waals surface area contributed by atoms with Gasteiger partial charge in [0.1, 0.15) is 12.4 Å². The van der Waals surface area contributed by atoms with Crippen molar-refractivity contribution in [3.8, 4) is 5.75 Å². The summed E-state index contributed by atoms with van der Waals surface area (Å²) in [7, 11) is 0. The Hall–Kier alpha value is -3.07. The van der Waals surface area contributed by atoms with E-state index in [-0.39, 0.29) is 11.9 Å². The van der Waals surface area contributed by atoms with Crippen LogP contribution in [0.3, 0.4) is 0 Å². The van der Waals surface area contributed by atoms with Crippen LogP contribution in [0.15, 0.2) is 72.8 Å². The predicted octanol–water partition coefficient (Wildman–Crippen LogP) is 5.76. The van der Waals surface area contributed by atoms with E-state index in [9.17, 15) is 4.79 Å². The van der Waals surface area contributed by atoms with E-state index in [1.54, 1.807) is 6.07 Å². The Morgan fingerprint density at radius 3 is 2.43 bits per heavy atom. The van der Waals surface area contributed by atoms with Gasteiger partial charge in [-0.2, -0.15) is 0 Å². The van der Waals surface area contributed by atoms with Gasteiger partial charge in [0, 0.05) is 5.56 Å². The molecule has 0 saturated heterocycles. The van der Waals surface area contributed by atoms with Crippen molar-refractivity contribution in [2.75, 3.05) is 0 Å². The molecule has 0 fully saturated rings. The third kappa shape index (κ3) is 5.01. The maximum atomic E-state index is 12.8. The van der Waals surface area contributed by atoms with Crippen molar-refractivity contribution in [1.82, 2.24) is 5.32 Å². The fourth-order valence-corrected chi connectivity index (χ4v) is 3.11. The molecular formula is C25H27NO2. The Kier molecular flexibility index (Phi) is 6.49. The zero-order chi connectivity index (χ0) is 19.9. The zero-order valence-corrected chi connectivity index (χ0v) is 16.7. The van der Waals surface area contributed by atoms with Crippen LogP contribution < -0.4 is 10.1 Å². The van der Waals surface area contributed by atoms with E-state index in [2.05, 4.69) is 44.3 Å². The van der Waals surface area contributed by atoms with Crippen molar-refractivity contribution >= 4 is 5.91 Å². The van der Waals surface area contributed by atoms with Crippen LogP contribution >= 0.6 is 0 Å². The minimum absolute atomic E-state index is 0.0132. The summed E-state index contributed by atoms with van der Waals surface area (Å²) in [6, 6.07) is 23.7. The highest BCUT2D eigenvalue weighted by molar-refractivity contribution is 5.94. The van der Waals surface area contributed by atoms with Gasteiger partial charge in [0.2, 0.25) is 0 Å². The Morgan fingerprint density at radius 1 is 0.929 bits per heavy atom. The number of carbonyl (C=O) groups is 1. The first kappa shape index (κ1) is 19.7. The first-order valence-corrected chi connectivity index (χ1v) is 9.71. The van der Waals surface area contributed by atoms with Crippen LogP contribution in [0.4, 0.5) is 0 Å². The molecule has 3 heteroatoms. The monoisotopic (exact) mass is 373 g/mol. The molecule has 0 aliphatic heterocycles. The summed E-state index contributed by atoms with van der Waals surface area (Å²) < 4.78 is 5.85. The highest BCUT2D eigenvalue weighted by atomic mass is 16.5. The Labute approximate surface area is 167 Å². The summed E-state index contributed by atoms with van der Waals surface area (Å²) in [4.78, 5) is 12.8. The lowest BCUT2D eigenvalue weighted by Crippen LogP contribution is -2.28. The Morgan fingerprint density at radius 2 is 1.71 bits per heavy atom. The summed E-state index contributed by atoms with van der Waals surface area (Å²) in [5.74, 6) is 0.603. The molecule has 0 unspecified atom stereocenters. The van der Waals surface area contributed by atoms with E-state index in [1.165, 1.54) is 11.1 Å². The number of amides is 1. The highest BCUT2D eigenvalue weighted by Gasteiger charge is 2.15. The molecule has 0 aliphatic carbocycles. The molecule has 0 spiro atoms. The summed E-state index contributed by atoms with van der Waals surface area (Å²) in [5.41, 5.74) is 5.33. The van der Waals surface area contributed by atoms with Gasteiger partial charge >= 0.3 is 0 Å². The molecule has 3 aromatic carbocycles. The van der Waals surface area contributed by atoms with Crippen LogP contribution in [0.1, 0.15) is 52.0 Å². The maximum Gasteiger partial charge on any atom is 0.251 e. The van der Waals surface area contributed by atoms with Crippen LogP contribution in [0.25, 0.3) is 0 Å². The van der Waals surface area contributed by atoms with Gasteiger partial charge < -0.3 is 10.1 Å². The normalized spacial score (nSPS) is 11.7. The van der Waals surface area contributed by atoms with E-state index in [0.717, 1.165) is 17.5 Å². The van der Waals surface area contributed by atoms with Crippen molar-refractivity contribution in [3.05, 3.63) is 101 Å². The molecular weight excluding hydrogens is 346 g/mol. The standard InChI is InChI=1S/C25H27NO2/c1-4-24(21-14-13-18(2)19(3)15-21)26-25(27)22-11-8-12-23(16-22)28-17-20-9-6-5-7-10-20/h5-16,24H,4,17H2,1-3H3,(H,26,27)/t24-/m1/s1. The molecule has 28 heavy (non-hydrogen) atoms. The van der Waals surface area contributed by atoms with Gasteiger partial charge in [-0.15, -0.1) is 0 Å². The third-order valence-electron chi connectivity index (χ3n) is 4.99. The van der Waals surface area contributed by atoms with Gasteiger partial charge in [0.15, 0.2) is 0 Å². The number of ether oxygens (including phenoxy) is 1. The largest absolute Gasteiger partial charge is 0.489 e. The van der Waals surface area contributed by atoms with Crippen molar-refractivity contribution in [2.45, 2.75) is 39.8 Å². The van der Waals surface area contributed by atoms with Crippen molar-refractivity contribution in [3.63, 3.8) is 0 Å². The lowest BCUT2D eigenvalue weighted by Gasteiger charge is -2.19. The SMILES string of the molecule is CC[C@@H](NC(=O)c1cccc(OCc2ccccc2)c1)c1ccc(C)c(C)c1. The molecule has 1 amide bonds. The van der Waals surface area contributed by atoms with Crippen LogP contribution in [0.2, 0.25) is 0 Å². The van der Waals surface area contributed by atoms with Gasteiger partial charge in [0.05, 0.1) is 6.04 Å². The summed E-state index contributed by atoms with van der Waals surface area (Å²) in [5, 5.41) is 3.15. The molecule has 0 aromatic heterocycles. The average Bonchev–Trinajstić information content (AvgIpc) is 2.73.